The van der Waals surface area contributed by atoms with E-state index in [1.807, 2.05) is 27.7 Å². The molecule has 3 rings (SSSR count). The van der Waals surface area contributed by atoms with Crippen molar-refractivity contribution in [1.29, 1.82) is 0 Å². The number of likely N-dealkylation sites (tertiary alicyclic amines) is 1. The Balaban J connectivity index is 1.67. The van der Waals surface area contributed by atoms with Crippen molar-refractivity contribution in [3.8, 4) is 0 Å². The molecule has 0 saturated carbocycles. The first-order chi connectivity index (χ1) is 14.0. The molecule has 1 aromatic rings. The normalized spacial score (nSPS) is 23.6. The Morgan fingerprint density at radius 3 is 2.40 bits per heavy atom. The van der Waals surface area contributed by atoms with E-state index in [9.17, 15) is 18.0 Å². The standard InChI is InChI=1S/C22H33N3O4S/c1-5-18-8-6-7-13-25(18)30(28,29)19-11-9-17(10-12-19)23-21(27)16-14-20(26)24(15-16)22(2,3)4/h9-12,16,18H,5-8,13-15H2,1-4H3,(H,23,27)/t16-,18+/m0/s1. The predicted molar refractivity (Wildman–Crippen MR) is 116 cm³/mol. The number of benzene rings is 1. The van der Waals surface area contributed by atoms with Gasteiger partial charge in [0.05, 0.1) is 10.8 Å². The number of carbonyl (C=O) groups is 2. The summed E-state index contributed by atoms with van der Waals surface area (Å²) in [6.07, 6.45) is 3.85. The van der Waals surface area contributed by atoms with Gasteiger partial charge in [-0.15, -0.1) is 0 Å². The van der Waals surface area contributed by atoms with Crippen molar-refractivity contribution >= 4 is 27.5 Å². The number of nitrogens with one attached hydrogen (secondary N) is 1. The molecular formula is C22H33N3O4S. The molecule has 2 aliphatic heterocycles. The predicted octanol–water partition coefficient (Wildman–Crippen LogP) is 3.23. The summed E-state index contributed by atoms with van der Waals surface area (Å²) in [5.41, 5.74) is 0.221. The Morgan fingerprint density at radius 2 is 1.83 bits per heavy atom. The first kappa shape index (κ1) is 22.7. The molecule has 2 amide bonds. The van der Waals surface area contributed by atoms with Crippen molar-refractivity contribution in [2.75, 3.05) is 18.4 Å². The van der Waals surface area contributed by atoms with Crippen LogP contribution in [0.25, 0.3) is 0 Å². The van der Waals surface area contributed by atoms with Crippen LogP contribution in [0.15, 0.2) is 29.2 Å². The van der Waals surface area contributed by atoms with Crippen molar-refractivity contribution < 1.29 is 18.0 Å². The number of hydrogen-bond donors (Lipinski definition) is 1. The Hall–Kier alpha value is -1.93. The Labute approximate surface area is 179 Å². The van der Waals surface area contributed by atoms with E-state index in [-0.39, 0.29) is 34.7 Å². The van der Waals surface area contributed by atoms with Gasteiger partial charge in [0.2, 0.25) is 21.8 Å². The van der Waals surface area contributed by atoms with Crippen LogP contribution >= 0.6 is 0 Å². The number of carbonyl (C=O) groups excluding carboxylic acids is 2. The van der Waals surface area contributed by atoms with E-state index < -0.39 is 15.9 Å². The summed E-state index contributed by atoms with van der Waals surface area (Å²) < 4.78 is 27.7. The van der Waals surface area contributed by atoms with Gasteiger partial charge in [-0.3, -0.25) is 9.59 Å². The average molecular weight is 436 g/mol. The minimum absolute atomic E-state index is 0.0175. The van der Waals surface area contributed by atoms with Crippen molar-refractivity contribution in [1.82, 2.24) is 9.21 Å². The molecule has 0 spiro atoms. The van der Waals surface area contributed by atoms with Gasteiger partial charge >= 0.3 is 0 Å². The summed E-state index contributed by atoms with van der Waals surface area (Å²) in [5.74, 6) is -0.636. The van der Waals surface area contributed by atoms with E-state index >= 15 is 0 Å². The maximum Gasteiger partial charge on any atom is 0.243 e. The number of nitrogens with zero attached hydrogens (tertiary/aromatic N) is 2. The van der Waals surface area contributed by atoms with Gasteiger partial charge in [0.1, 0.15) is 0 Å². The largest absolute Gasteiger partial charge is 0.337 e. The van der Waals surface area contributed by atoms with Gasteiger partial charge < -0.3 is 10.2 Å². The Bertz CT molecular complexity index is 890. The first-order valence-electron chi connectivity index (χ1n) is 10.8. The van der Waals surface area contributed by atoms with E-state index in [2.05, 4.69) is 5.32 Å². The van der Waals surface area contributed by atoms with Crippen molar-refractivity contribution in [2.24, 2.45) is 5.92 Å². The summed E-state index contributed by atoms with van der Waals surface area (Å²) in [6, 6.07) is 6.39. The molecule has 2 aliphatic rings. The van der Waals surface area contributed by atoms with Crippen LogP contribution in [0.3, 0.4) is 0 Å². The van der Waals surface area contributed by atoms with E-state index in [0.717, 1.165) is 25.7 Å². The highest BCUT2D eigenvalue weighted by Crippen LogP contribution is 2.29. The SMILES string of the molecule is CC[C@@H]1CCCCN1S(=O)(=O)c1ccc(NC(=O)[C@H]2CC(=O)N(C(C)(C)C)C2)cc1. The fourth-order valence-electron chi connectivity index (χ4n) is 4.32. The lowest BCUT2D eigenvalue weighted by Crippen LogP contribution is -2.43. The molecule has 166 valence electrons. The van der Waals surface area contributed by atoms with Crippen LogP contribution in [0.1, 0.15) is 59.8 Å². The second-order valence-electron chi connectivity index (χ2n) is 9.26. The van der Waals surface area contributed by atoms with Gasteiger partial charge in [0.15, 0.2) is 0 Å². The molecule has 8 heteroatoms. The zero-order chi connectivity index (χ0) is 22.1. The molecule has 0 radical (unpaired) electrons. The molecule has 2 heterocycles. The smallest absolute Gasteiger partial charge is 0.243 e. The van der Waals surface area contributed by atoms with Crippen molar-refractivity contribution in [3.05, 3.63) is 24.3 Å². The van der Waals surface area contributed by atoms with Crippen LogP contribution in [-0.4, -0.2) is 54.1 Å². The van der Waals surface area contributed by atoms with Crippen LogP contribution in [0, 0.1) is 5.92 Å². The highest BCUT2D eigenvalue weighted by molar-refractivity contribution is 7.89. The number of hydrogen-bond acceptors (Lipinski definition) is 4. The molecule has 30 heavy (non-hydrogen) atoms. The van der Waals surface area contributed by atoms with E-state index in [0.29, 0.717) is 18.8 Å². The lowest BCUT2D eigenvalue weighted by Gasteiger charge is -2.34. The maximum atomic E-state index is 13.1. The zero-order valence-electron chi connectivity index (χ0n) is 18.3. The monoisotopic (exact) mass is 435 g/mol. The molecule has 2 saturated heterocycles. The molecule has 0 bridgehead atoms. The van der Waals surface area contributed by atoms with Crippen LogP contribution in [0.4, 0.5) is 5.69 Å². The molecule has 1 aromatic carbocycles. The molecule has 2 fully saturated rings. The Morgan fingerprint density at radius 1 is 1.17 bits per heavy atom. The van der Waals surface area contributed by atoms with Crippen LogP contribution in [0.5, 0.6) is 0 Å². The quantitative estimate of drug-likeness (QED) is 0.769. The minimum Gasteiger partial charge on any atom is -0.337 e. The van der Waals surface area contributed by atoms with Gasteiger partial charge in [0.25, 0.3) is 0 Å². The summed E-state index contributed by atoms with van der Waals surface area (Å²) in [4.78, 5) is 26.8. The maximum absolute atomic E-state index is 13.1. The average Bonchev–Trinajstić information content (AvgIpc) is 3.10. The second kappa shape index (κ2) is 8.67. The third kappa shape index (κ3) is 4.70. The molecule has 1 N–H and O–H groups in total. The number of piperidine rings is 1. The fraction of sp³-hybridized carbons (Fsp3) is 0.636. The van der Waals surface area contributed by atoms with Crippen LogP contribution in [0.2, 0.25) is 0 Å². The van der Waals surface area contributed by atoms with Crippen LogP contribution in [-0.2, 0) is 19.6 Å². The summed E-state index contributed by atoms with van der Waals surface area (Å²) in [6.45, 7) is 8.83. The number of amides is 2. The lowest BCUT2D eigenvalue weighted by atomic mass is 10.0. The summed E-state index contributed by atoms with van der Waals surface area (Å²) >= 11 is 0. The first-order valence-corrected chi connectivity index (χ1v) is 12.2. The van der Waals surface area contributed by atoms with Gasteiger partial charge in [0, 0.05) is 36.8 Å². The molecule has 0 aromatic heterocycles. The summed E-state index contributed by atoms with van der Waals surface area (Å²) in [5, 5.41) is 2.83. The zero-order valence-corrected chi connectivity index (χ0v) is 19.2. The highest BCUT2D eigenvalue weighted by Gasteiger charge is 2.39. The molecule has 0 unspecified atom stereocenters. The fourth-order valence-corrected chi connectivity index (χ4v) is 6.09. The summed E-state index contributed by atoms with van der Waals surface area (Å²) in [7, 11) is -3.55. The number of sulfonamides is 1. The number of anilines is 1. The van der Waals surface area contributed by atoms with Gasteiger partial charge in [-0.05, 0) is 64.3 Å². The van der Waals surface area contributed by atoms with Crippen LogP contribution < -0.4 is 5.32 Å². The molecular weight excluding hydrogens is 402 g/mol. The number of rotatable bonds is 5. The van der Waals surface area contributed by atoms with Gasteiger partial charge in [-0.25, -0.2) is 8.42 Å². The third-order valence-corrected chi connectivity index (χ3v) is 8.04. The highest BCUT2D eigenvalue weighted by atomic mass is 32.2. The lowest BCUT2D eigenvalue weighted by molar-refractivity contribution is -0.131. The topological polar surface area (TPSA) is 86.8 Å². The van der Waals surface area contributed by atoms with Gasteiger partial charge in [-0.2, -0.15) is 4.31 Å². The van der Waals surface area contributed by atoms with E-state index in [1.54, 1.807) is 33.5 Å². The Kier molecular flexibility index (Phi) is 6.57. The minimum atomic E-state index is -3.55. The van der Waals surface area contributed by atoms with E-state index in [1.165, 1.54) is 0 Å². The van der Waals surface area contributed by atoms with Gasteiger partial charge in [-0.1, -0.05) is 13.3 Å². The van der Waals surface area contributed by atoms with Crippen molar-refractivity contribution in [3.63, 3.8) is 0 Å². The van der Waals surface area contributed by atoms with Crippen molar-refractivity contribution in [2.45, 2.75) is 76.3 Å². The van der Waals surface area contributed by atoms with E-state index in [4.69, 9.17) is 0 Å². The third-order valence-electron chi connectivity index (χ3n) is 6.08. The second-order valence-corrected chi connectivity index (χ2v) is 11.2. The molecule has 0 aliphatic carbocycles. The molecule has 2 atom stereocenters. The molecule has 7 nitrogen and oxygen atoms in total.